The van der Waals surface area contributed by atoms with Crippen LogP contribution in [0.25, 0.3) is 0 Å². The maximum absolute atomic E-state index is 12.1. The molecule has 1 saturated carbocycles. The molecule has 1 aromatic rings. The molecule has 1 aliphatic heterocycles. The summed E-state index contributed by atoms with van der Waals surface area (Å²) in [4.78, 5) is 15.8. The van der Waals surface area contributed by atoms with Crippen molar-refractivity contribution in [2.75, 3.05) is 19.6 Å². The van der Waals surface area contributed by atoms with Crippen LogP contribution in [0.3, 0.4) is 0 Å². The van der Waals surface area contributed by atoms with Crippen LogP contribution >= 0.6 is 11.3 Å². The second-order valence-corrected chi connectivity index (χ2v) is 7.93. The van der Waals surface area contributed by atoms with Crippen LogP contribution in [0.5, 0.6) is 0 Å². The third-order valence-electron chi connectivity index (χ3n) is 5.11. The van der Waals surface area contributed by atoms with E-state index in [4.69, 9.17) is 0 Å². The van der Waals surface area contributed by atoms with Crippen LogP contribution in [0.4, 0.5) is 0 Å². The number of rotatable bonds is 5. The van der Waals surface area contributed by atoms with Crippen molar-refractivity contribution in [2.24, 2.45) is 5.92 Å². The van der Waals surface area contributed by atoms with E-state index in [1.54, 1.807) is 11.3 Å². The van der Waals surface area contributed by atoms with Crippen LogP contribution in [0.1, 0.15) is 49.8 Å². The number of likely N-dealkylation sites (tertiary alicyclic amines) is 1. The summed E-state index contributed by atoms with van der Waals surface area (Å²) in [6.45, 7) is 3.59. The van der Waals surface area contributed by atoms with E-state index in [2.05, 4.69) is 10.2 Å². The summed E-state index contributed by atoms with van der Waals surface area (Å²) in [6, 6.07) is 4.43. The second-order valence-electron chi connectivity index (χ2n) is 6.90. The first-order valence-electron chi connectivity index (χ1n) is 8.83. The molecule has 2 heterocycles. The van der Waals surface area contributed by atoms with E-state index in [-0.39, 0.29) is 5.91 Å². The highest BCUT2D eigenvalue weighted by Crippen LogP contribution is 2.25. The van der Waals surface area contributed by atoms with E-state index in [1.165, 1.54) is 38.6 Å². The number of nitrogens with one attached hydrogen (secondary N) is 1. The van der Waals surface area contributed by atoms with E-state index in [0.29, 0.717) is 12.5 Å². The van der Waals surface area contributed by atoms with Gasteiger partial charge in [0.05, 0.1) is 6.42 Å². The zero-order valence-corrected chi connectivity index (χ0v) is 14.2. The standard InChI is InChI=1S/C18H28N2OS/c21-18(13-17-7-4-12-22-17)19-16-8-10-20(11-9-16)14-15-5-2-1-3-6-15/h4,7,12,15-16H,1-3,5-6,8-11,13-14H2,(H,19,21). The molecule has 2 fully saturated rings. The van der Waals surface area contributed by atoms with Crippen LogP contribution in [-0.4, -0.2) is 36.5 Å². The largest absolute Gasteiger partial charge is 0.353 e. The summed E-state index contributed by atoms with van der Waals surface area (Å²) >= 11 is 1.66. The summed E-state index contributed by atoms with van der Waals surface area (Å²) in [5.74, 6) is 1.12. The lowest BCUT2D eigenvalue weighted by atomic mass is 9.88. The van der Waals surface area contributed by atoms with E-state index in [1.807, 2.05) is 17.5 Å². The Morgan fingerprint density at radius 1 is 1.18 bits per heavy atom. The van der Waals surface area contributed by atoms with Crippen molar-refractivity contribution in [3.63, 3.8) is 0 Å². The maximum Gasteiger partial charge on any atom is 0.225 e. The first-order chi connectivity index (χ1) is 10.8. The molecule has 3 nitrogen and oxygen atoms in total. The lowest BCUT2D eigenvalue weighted by Gasteiger charge is -2.35. The zero-order chi connectivity index (χ0) is 15.2. The van der Waals surface area contributed by atoms with Crippen LogP contribution in [0.15, 0.2) is 17.5 Å². The van der Waals surface area contributed by atoms with E-state index in [0.717, 1.165) is 36.7 Å². The summed E-state index contributed by atoms with van der Waals surface area (Å²) in [6.07, 6.45) is 9.93. The Balaban J connectivity index is 1.35. The molecule has 0 radical (unpaired) electrons. The molecule has 0 spiro atoms. The molecule has 1 N–H and O–H groups in total. The molecular weight excluding hydrogens is 292 g/mol. The number of piperidine rings is 1. The summed E-state index contributed by atoms with van der Waals surface area (Å²) < 4.78 is 0. The molecule has 1 aromatic heterocycles. The molecule has 0 unspecified atom stereocenters. The molecule has 1 aliphatic carbocycles. The summed E-state index contributed by atoms with van der Waals surface area (Å²) in [5, 5.41) is 5.26. The number of thiophene rings is 1. The first-order valence-corrected chi connectivity index (χ1v) is 9.71. The monoisotopic (exact) mass is 320 g/mol. The minimum atomic E-state index is 0.188. The molecule has 0 aromatic carbocycles. The van der Waals surface area contributed by atoms with Crippen molar-refractivity contribution >= 4 is 17.2 Å². The van der Waals surface area contributed by atoms with Gasteiger partial charge in [-0.25, -0.2) is 0 Å². The molecule has 1 amide bonds. The van der Waals surface area contributed by atoms with Gasteiger partial charge in [0.25, 0.3) is 0 Å². The van der Waals surface area contributed by atoms with Gasteiger partial charge in [-0.3, -0.25) is 4.79 Å². The molecule has 122 valence electrons. The molecule has 2 aliphatic rings. The van der Waals surface area contributed by atoms with Crippen LogP contribution in [0, 0.1) is 5.92 Å². The number of amides is 1. The molecule has 1 saturated heterocycles. The Kier molecular flexibility index (Phi) is 5.90. The number of hydrogen-bond donors (Lipinski definition) is 1. The van der Waals surface area contributed by atoms with Gasteiger partial charge in [-0.2, -0.15) is 0 Å². The van der Waals surface area contributed by atoms with E-state index >= 15 is 0 Å². The van der Waals surface area contributed by atoms with Gasteiger partial charge in [-0.1, -0.05) is 25.3 Å². The van der Waals surface area contributed by atoms with E-state index in [9.17, 15) is 4.79 Å². The Hall–Kier alpha value is -0.870. The van der Waals surface area contributed by atoms with Crippen molar-refractivity contribution in [3.05, 3.63) is 22.4 Å². The number of carbonyl (C=O) groups excluding carboxylic acids is 1. The third kappa shape index (κ3) is 4.82. The highest BCUT2D eigenvalue weighted by Gasteiger charge is 2.23. The molecular formula is C18H28N2OS. The summed E-state index contributed by atoms with van der Waals surface area (Å²) in [7, 11) is 0. The molecule has 3 rings (SSSR count). The predicted octanol–water partition coefficient (Wildman–Crippen LogP) is 3.45. The smallest absolute Gasteiger partial charge is 0.225 e. The van der Waals surface area contributed by atoms with Crippen molar-refractivity contribution < 1.29 is 4.79 Å². The maximum atomic E-state index is 12.1. The van der Waals surface area contributed by atoms with Gasteiger partial charge in [-0.15, -0.1) is 11.3 Å². The molecule has 0 atom stereocenters. The third-order valence-corrected chi connectivity index (χ3v) is 5.99. The lowest BCUT2D eigenvalue weighted by Crippen LogP contribution is -2.46. The van der Waals surface area contributed by atoms with Crippen LogP contribution in [0.2, 0.25) is 0 Å². The fourth-order valence-electron chi connectivity index (χ4n) is 3.84. The highest BCUT2D eigenvalue weighted by atomic mass is 32.1. The Bertz CT molecular complexity index is 446. The number of nitrogens with zero attached hydrogens (tertiary/aromatic N) is 1. The van der Waals surface area contributed by atoms with Crippen LogP contribution in [-0.2, 0) is 11.2 Å². The topological polar surface area (TPSA) is 32.3 Å². The molecule has 4 heteroatoms. The first kappa shape index (κ1) is 16.0. The van der Waals surface area contributed by atoms with Crippen molar-refractivity contribution in [1.29, 1.82) is 0 Å². The fraction of sp³-hybridized carbons (Fsp3) is 0.722. The number of hydrogen-bond acceptors (Lipinski definition) is 3. The quantitative estimate of drug-likeness (QED) is 0.901. The van der Waals surface area contributed by atoms with Gasteiger partial charge in [0.15, 0.2) is 0 Å². The number of carbonyl (C=O) groups is 1. The normalized spacial score (nSPS) is 21.8. The van der Waals surface area contributed by atoms with Gasteiger partial charge < -0.3 is 10.2 Å². The minimum Gasteiger partial charge on any atom is -0.353 e. The Morgan fingerprint density at radius 2 is 1.95 bits per heavy atom. The minimum absolute atomic E-state index is 0.188. The summed E-state index contributed by atoms with van der Waals surface area (Å²) in [5.41, 5.74) is 0. The fourth-order valence-corrected chi connectivity index (χ4v) is 4.55. The zero-order valence-electron chi connectivity index (χ0n) is 13.4. The van der Waals surface area contributed by atoms with Gasteiger partial charge >= 0.3 is 0 Å². The predicted molar refractivity (Wildman–Crippen MR) is 92.2 cm³/mol. The SMILES string of the molecule is O=C(Cc1cccs1)NC1CCN(CC2CCCCC2)CC1. The average molecular weight is 321 g/mol. The lowest BCUT2D eigenvalue weighted by molar-refractivity contribution is -0.121. The molecule has 0 bridgehead atoms. The average Bonchev–Trinajstić information content (AvgIpc) is 3.03. The Morgan fingerprint density at radius 3 is 2.64 bits per heavy atom. The Labute approximate surface area is 138 Å². The van der Waals surface area contributed by atoms with Crippen LogP contribution < -0.4 is 5.32 Å². The van der Waals surface area contributed by atoms with Crippen molar-refractivity contribution in [2.45, 2.75) is 57.4 Å². The van der Waals surface area contributed by atoms with E-state index < -0.39 is 0 Å². The van der Waals surface area contributed by atoms with Gasteiger partial charge in [0.1, 0.15) is 0 Å². The van der Waals surface area contributed by atoms with Gasteiger partial charge in [0.2, 0.25) is 5.91 Å². The van der Waals surface area contributed by atoms with Gasteiger partial charge in [0, 0.05) is 30.6 Å². The second kappa shape index (κ2) is 8.11. The highest BCUT2D eigenvalue weighted by molar-refractivity contribution is 7.10. The van der Waals surface area contributed by atoms with Gasteiger partial charge in [-0.05, 0) is 43.0 Å². The van der Waals surface area contributed by atoms with Crippen molar-refractivity contribution in [3.8, 4) is 0 Å². The van der Waals surface area contributed by atoms with Crippen molar-refractivity contribution in [1.82, 2.24) is 10.2 Å². The molecule has 22 heavy (non-hydrogen) atoms.